The molecule has 182 valence electrons. The molecule has 5 N–H and O–H groups in total. The Labute approximate surface area is 202 Å². The smallest absolute Gasteiger partial charge is 0.365 e. The molecule has 1 amide bonds. The third kappa shape index (κ3) is 7.70. The van der Waals surface area contributed by atoms with E-state index in [0.29, 0.717) is 23.6 Å². The first-order valence-electron chi connectivity index (χ1n) is 10.9. The minimum Gasteiger partial charge on any atom is -0.365 e. The van der Waals surface area contributed by atoms with Crippen molar-refractivity contribution in [2.45, 2.75) is 37.6 Å². The number of nitrogens with zero attached hydrogens (tertiary/aromatic N) is 3. The van der Waals surface area contributed by atoms with Gasteiger partial charge < -0.3 is 25.3 Å². The van der Waals surface area contributed by atoms with Crippen molar-refractivity contribution in [2.24, 2.45) is 0 Å². The summed E-state index contributed by atoms with van der Waals surface area (Å²) in [5, 5.41) is 15.8. The molecule has 2 aromatic heterocycles. The van der Waals surface area contributed by atoms with Gasteiger partial charge in [0.05, 0.1) is 17.0 Å². The van der Waals surface area contributed by atoms with Crippen LogP contribution in [-0.4, -0.2) is 30.6 Å². The lowest BCUT2D eigenvalue weighted by atomic mass is 9.80. The fourth-order valence-electron chi connectivity index (χ4n) is 3.93. The Bertz CT molecular complexity index is 1210. The zero-order chi connectivity index (χ0) is 25.3. The van der Waals surface area contributed by atoms with Crippen LogP contribution in [0.15, 0.2) is 67.1 Å². The highest BCUT2D eigenvalue weighted by molar-refractivity contribution is 7.45. The van der Waals surface area contributed by atoms with Gasteiger partial charge in [-0.1, -0.05) is 25.0 Å². The first kappa shape index (κ1) is 26.0. The van der Waals surface area contributed by atoms with Crippen molar-refractivity contribution >= 4 is 25.2 Å². The van der Waals surface area contributed by atoms with E-state index in [-0.39, 0.29) is 11.3 Å². The van der Waals surface area contributed by atoms with Crippen LogP contribution in [0, 0.1) is 11.3 Å². The summed E-state index contributed by atoms with van der Waals surface area (Å²) in [4.78, 5) is 42.7. The molecular weight excluding hydrogens is 469 g/mol. The van der Waals surface area contributed by atoms with Crippen molar-refractivity contribution in [3.63, 3.8) is 0 Å². The number of aromatic nitrogens is 2. The third-order valence-corrected chi connectivity index (χ3v) is 5.63. The van der Waals surface area contributed by atoms with Crippen molar-refractivity contribution in [1.29, 1.82) is 5.26 Å². The second kappa shape index (κ2) is 11.7. The van der Waals surface area contributed by atoms with Gasteiger partial charge in [-0.3, -0.25) is 9.78 Å². The lowest BCUT2D eigenvalue weighted by Gasteiger charge is -2.21. The Morgan fingerprint density at radius 3 is 2.26 bits per heavy atom. The molecule has 35 heavy (non-hydrogen) atoms. The molecule has 3 aromatic rings. The average Bonchev–Trinajstić information content (AvgIpc) is 3.33. The molecule has 0 bridgehead atoms. The molecule has 1 fully saturated rings. The van der Waals surface area contributed by atoms with E-state index in [4.69, 9.17) is 19.2 Å². The molecular formula is C24H26N5O5P. The van der Waals surface area contributed by atoms with E-state index in [1.165, 1.54) is 0 Å². The molecule has 0 radical (unpaired) electrons. The predicted molar refractivity (Wildman–Crippen MR) is 130 cm³/mol. The zero-order valence-corrected chi connectivity index (χ0v) is 19.7. The maximum atomic E-state index is 12.9. The van der Waals surface area contributed by atoms with Crippen LogP contribution in [0.25, 0.3) is 0 Å². The molecule has 0 spiro atoms. The van der Waals surface area contributed by atoms with Crippen LogP contribution in [0.1, 0.15) is 47.2 Å². The number of phosphoric acid groups is 1. The summed E-state index contributed by atoms with van der Waals surface area (Å²) < 4.78 is 8.88. The molecule has 0 saturated heterocycles. The summed E-state index contributed by atoms with van der Waals surface area (Å²) in [6, 6.07) is 17.5. The van der Waals surface area contributed by atoms with Crippen LogP contribution >= 0.6 is 7.82 Å². The quantitative estimate of drug-likeness (QED) is 0.320. The maximum Gasteiger partial charge on any atom is 0.466 e. The van der Waals surface area contributed by atoms with E-state index in [0.717, 1.165) is 36.8 Å². The highest BCUT2D eigenvalue weighted by Crippen LogP contribution is 2.40. The molecule has 0 atom stereocenters. The van der Waals surface area contributed by atoms with E-state index >= 15 is 0 Å². The molecule has 1 aliphatic carbocycles. The second-order valence-corrected chi connectivity index (χ2v) is 9.08. The fourth-order valence-corrected chi connectivity index (χ4v) is 3.93. The van der Waals surface area contributed by atoms with Crippen molar-refractivity contribution in [2.75, 3.05) is 10.6 Å². The standard InChI is InChI=1S/C24H23N5O.H3O4P/c25-17-24(11-1-2-12-24)19-5-7-20(8-6-19)29-23(30)21-4-3-13-27-22(21)28-16-18-9-14-26-15-10-18;1-5(2,3)4/h3-10,13-15H,1-2,11-12,16H2,(H,27,28)(H,29,30);(H3,1,2,3,4). The topological polar surface area (TPSA) is 168 Å². The molecule has 1 aromatic carbocycles. The highest BCUT2D eigenvalue weighted by atomic mass is 31.2. The Morgan fingerprint density at radius 2 is 1.66 bits per heavy atom. The molecule has 4 rings (SSSR count). The van der Waals surface area contributed by atoms with Gasteiger partial charge in [-0.15, -0.1) is 0 Å². The summed E-state index contributed by atoms with van der Waals surface area (Å²) in [5.74, 6) is 0.293. The van der Waals surface area contributed by atoms with Gasteiger partial charge in [0.25, 0.3) is 5.91 Å². The van der Waals surface area contributed by atoms with Gasteiger partial charge in [0.2, 0.25) is 0 Å². The number of hydrogen-bond donors (Lipinski definition) is 5. The van der Waals surface area contributed by atoms with Gasteiger partial charge in [-0.2, -0.15) is 5.26 Å². The number of pyridine rings is 2. The largest absolute Gasteiger partial charge is 0.466 e. The van der Waals surface area contributed by atoms with Crippen LogP contribution in [0.4, 0.5) is 11.5 Å². The maximum absolute atomic E-state index is 12.9. The van der Waals surface area contributed by atoms with Crippen LogP contribution in [-0.2, 0) is 16.5 Å². The minimum absolute atomic E-state index is 0.232. The van der Waals surface area contributed by atoms with E-state index in [1.54, 1.807) is 30.7 Å². The lowest BCUT2D eigenvalue weighted by Crippen LogP contribution is -2.19. The molecule has 1 aliphatic rings. The summed E-state index contributed by atoms with van der Waals surface area (Å²) in [5.41, 5.74) is 2.87. The number of nitrogens with one attached hydrogen (secondary N) is 2. The van der Waals surface area contributed by atoms with E-state index in [1.807, 2.05) is 36.4 Å². The van der Waals surface area contributed by atoms with Crippen LogP contribution < -0.4 is 10.6 Å². The average molecular weight is 495 g/mol. The van der Waals surface area contributed by atoms with Crippen molar-refractivity contribution in [1.82, 2.24) is 9.97 Å². The van der Waals surface area contributed by atoms with E-state index in [2.05, 4.69) is 26.7 Å². The lowest BCUT2D eigenvalue weighted by molar-refractivity contribution is 0.102. The number of hydrogen-bond acceptors (Lipinski definition) is 6. The molecule has 11 heteroatoms. The Hall–Kier alpha value is -3.61. The number of rotatable bonds is 6. The number of nitriles is 1. The van der Waals surface area contributed by atoms with Gasteiger partial charge in [0.15, 0.2) is 0 Å². The predicted octanol–water partition coefficient (Wildman–Crippen LogP) is 3.75. The second-order valence-electron chi connectivity index (χ2n) is 8.05. The van der Waals surface area contributed by atoms with Crippen molar-refractivity contribution in [3.05, 3.63) is 83.8 Å². The van der Waals surface area contributed by atoms with Gasteiger partial charge >= 0.3 is 7.82 Å². The van der Waals surface area contributed by atoms with Crippen LogP contribution in [0.3, 0.4) is 0 Å². The first-order valence-corrected chi connectivity index (χ1v) is 12.5. The minimum atomic E-state index is -4.64. The zero-order valence-electron chi connectivity index (χ0n) is 18.8. The summed E-state index contributed by atoms with van der Waals surface area (Å²) in [6.45, 7) is 0.546. The van der Waals surface area contributed by atoms with E-state index < -0.39 is 7.82 Å². The Morgan fingerprint density at radius 1 is 1.03 bits per heavy atom. The molecule has 1 saturated carbocycles. The number of amides is 1. The monoisotopic (exact) mass is 495 g/mol. The summed E-state index contributed by atoms with van der Waals surface area (Å²) >= 11 is 0. The molecule has 10 nitrogen and oxygen atoms in total. The number of carbonyl (C=O) groups excluding carboxylic acids is 1. The number of benzene rings is 1. The van der Waals surface area contributed by atoms with Gasteiger partial charge in [-0.05, 0) is 60.4 Å². The normalized spacial score (nSPS) is 14.2. The molecule has 0 aliphatic heterocycles. The van der Waals surface area contributed by atoms with Gasteiger partial charge in [0, 0.05) is 30.8 Å². The summed E-state index contributed by atoms with van der Waals surface area (Å²) in [7, 11) is -4.64. The van der Waals surface area contributed by atoms with Crippen LogP contribution in [0.5, 0.6) is 0 Å². The Balaban J connectivity index is 0.000000623. The van der Waals surface area contributed by atoms with Gasteiger partial charge in [0.1, 0.15) is 5.82 Å². The fraction of sp³-hybridized carbons (Fsp3) is 0.250. The van der Waals surface area contributed by atoms with Crippen molar-refractivity contribution in [3.8, 4) is 6.07 Å². The first-order chi connectivity index (χ1) is 16.7. The summed E-state index contributed by atoms with van der Waals surface area (Å²) in [6.07, 6.45) is 9.09. The Kier molecular flexibility index (Phi) is 8.68. The number of anilines is 2. The number of carbonyl (C=O) groups is 1. The molecule has 0 unspecified atom stereocenters. The highest BCUT2D eigenvalue weighted by Gasteiger charge is 2.35. The van der Waals surface area contributed by atoms with E-state index in [9.17, 15) is 10.1 Å². The SMILES string of the molecule is N#CC1(c2ccc(NC(=O)c3cccnc3NCc3ccncc3)cc2)CCCC1.O=P(O)(O)O. The van der Waals surface area contributed by atoms with Crippen molar-refractivity contribution < 1.29 is 24.0 Å². The molecule has 2 heterocycles. The third-order valence-electron chi connectivity index (χ3n) is 5.63. The van der Waals surface area contributed by atoms with Crippen LogP contribution in [0.2, 0.25) is 0 Å². The van der Waals surface area contributed by atoms with Gasteiger partial charge in [-0.25, -0.2) is 9.55 Å².